The third kappa shape index (κ3) is 2.85. The Hall–Kier alpha value is -3.66. The van der Waals surface area contributed by atoms with Crippen molar-refractivity contribution in [2.45, 2.75) is 19.9 Å². The number of fused-ring (bicyclic) bond motifs is 2. The van der Waals surface area contributed by atoms with Crippen molar-refractivity contribution in [2.24, 2.45) is 4.99 Å². The molecule has 4 nitrogen and oxygen atoms in total. The predicted molar refractivity (Wildman–Crippen MR) is 113 cm³/mol. The molecule has 5 rings (SSSR count). The molecule has 29 heavy (non-hydrogen) atoms. The zero-order valence-corrected chi connectivity index (χ0v) is 16.1. The van der Waals surface area contributed by atoms with Crippen LogP contribution in [0.2, 0.25) is 0 Å². The lowest BCUT2D eigenvalue weighted by Crippen LogP contribution is -2.22. The Morgan fingerprint density at radius 3 is 2.48 bits per heavy atom. The number of rotatable bonds is 4. The van der Waals surface area contributed by atoms with Gasteiger partial charge in [0.15, 0.2) is 5.88 Å². The van der Waals surface area contributed by atoms with Crippen molar-refractivity contribution in [1.82, 2.24) is 4.57 Å². The fraction of sp³-hybridized carbons (Fsp3) is 0.120. The van der Waals surface area contributed by atoms with Crippen LogP contribution < -0.4 is 10.6 Å². The molecule has 1 aliphatic rings. The van der Waals surface area contributed by atoms with Crippen molar-refractivity contribution in [3.05, 3.63) is 100 Å². The monoisotopic (exact) mass is 380 g/mol. The highest BCUT2D eigenvalue weighted by atomic mass is 16.3. The van der Waals surface area contributed by atoms with Gasteiger partial charge in [-0.1, -0.05) is 66.2 Å². The van der Waals surface area contributed by atoms with Crippen LogP contribution in [-0.4, -0.2) is 15.6 Å². The van der Waals surface area contributed by atoms with E-state index in [1.54, 1.807) is 0 Å². The Bertz CT molecular complexity index is 1380. The molecule has 0 spiro atoms. The van der Waals surface area contributed by atoms with Gasteiger partial charge >= 0.3 is 0 Å². The maximum absolute atomic E-state index is 12.7. The number of carbonyl (C=O) groups excluding carboxylic acids is 1. The lowest BCUT2D eigenvalue weighted by molar-refractivity contribution is -0.112. The van der Waals surface area contributed by atoms with Crippen molar-refractivity contribution >= 4 is 22.4 Å². The van der Waals surface area contributed by atoms with Crippen molar-refractivity contribution in [1.29, 1.82) is 0 Å². The molecule has 4 aromatic rings. The van der Waals surface area contributed by atoms with E-state index >= 15 is 0 Å². The average Bonchev–Trinajstić information content (AvgIpc) is 3.20. The molecule has 0 bridgehead atoms. The van der Waals surface area contributed by atoms with Gasteiger partial charge in [-0.2, -0.15) is 0 Å². The summed E-state index contributed by atoms with van der Waals surface area (Å²) in [6.07, 6.45) is 0.788. The molecule has 1 amide bonds. The van der Waals surface area contributed by atoms with Crippen molar-refractivity contribution in [2.75, 3.05) is 0 Å². The maximum atomic E-state index is 12.7. The van der Waals surface area contributed by atoms with Crippen LogP contribution in [0.15, 0.2) is 77.8 Å². The average molecular weight is 380 g/mol. The summed E-state index contributed by atoms with van der Waals surface area (Å²) in [7, 11) is 0. The zero-order chi connectivity index (χ0) is 20.0. The molecule has 2 heterocycles. The van der Waals surface area contributed by atoms with E-state index in [9.17, 15) is 9.90 Å². The molecule has 0 aliphatic carbocycles. The minimum atomic E-state index is -0.303. The van der Waals surface area contributed by atoms with Crippen LogP contribution >= 0.6 is 0 Å². The van der Waals surface area contributed by atoms with Crippen LogP contribution in [0.3, 0.4) is 0 Å². The van der Waals surface area contributed by atoms with Gasteiger partial charge in [-0.3, -0.25) is 4.79 Å². The van der Waals surface area contributed by atoms with Gasteiger partial charge in [0.25, 0.3) is 5.91 Å². The fourth-order valence-electron chi connectivity index (χ4n) is 4.06. The summed E-state index contributed by atoms with van der Waals surface area (Å²) < 4.78 is 1.89. The quantitative estimate of drug-likeness (QED) is 0.591. The SMILES string of the molecule is Cc1ccc(CCn2c(O)c(C3=c4ccccc4=NC3=O)c3ccccc32)cc1. The molecule has 0 saturated carbocycles. The first-order valence-corrected chi connectivity index (χ1v) is 9.72. The summed E-state index contributed by atoms with van der Waals surface area (Å²) in [6.45, 7) is 2.69. The largest absolute Gasteiger partial charge is 0.494 e. The van der Waals surface area contributed by atoms with Gasteiger partial charge in [0.05, 0.1) is 22.0 Å². The van der Waals surface area contributed by atoms with Gasteiger partial charge in [-0.15, -0.1) is 0 Å². The van der Waals surface area contributed by atoms with Crippen LogP contribution in [0.25, 0.3) is 16.5 Å². The first kappa shape index (κ1) is 17.4. The molecule has 0 radical (unpaired) electrons. The minimum absolute atomic E-state index is 0.119. The second kappa shape index (κ2) is 6.74. The Morgan fingerprint density at radius 1 is 0.931 bits per heavy atom. The van der Waals surface area contributed by atoms with E-state index < -0.39 is 0 Å². The highest BCUT2D eigenvalue weighted by molar-refractivity contribution is 6.24. The van der Waals surface area contributed by atoms with E-state index in [1.165, 1.54) is 11.1 Å². The van der Waals surface area contributed by atoms with Crippen LogP contribution in [0.1, 0.15) is 16.7 Å². The first-order chi connectivity index (χ1) is 14.1. The molecule has 142 valence electrons. The number of benzene rings is 3. The van der Waals surface area contributed by atoms with Gasteiger partial charge in [0.2, 0.25) is 0 Å². The number of hydrogen-bond acceptors (Lipinski definition) is 2. The molecular weight excluding hydrogens is 360 g/mol. The lowest BCUT2D eigenvalue weighted by atomic mass is 10.0. The number of aromatic hydroxyl groups is 1. The Labute approximate surface area is 168 Å². The number of amides is 1. The second-order valence-corrected chi connectivity index (χ2v) is 7.41. The molecule has 0 atom stereocenters. The summed E-state index contributed by atoms with van der Waals surface area (Å²) in [5, 5.41) is 13.5. The van der Waals surface area contributed by atoms with E-state index in [0.29, 0.717) is 23.0 Å². The van der Waals surface area contributed by atoms with E-state index in [0.717, 1.165) is 22.5 Å². The van der Waals surface area contributed by atoms with Crippen LogP contribution in [0.4, 0.5) is 0 Å². The van der Waals surface area contributed by atoms with Crippen molar-refractivity contribution < 1.29 is 9.90 Å². The molecule has 1 aromatic heterocycles. The fourth-order valence-corrected chi connectivity index (χ4v) is 4.06. The standard InChI is InChI=1S/C25H20N2O2/c1-16-10-12-17(13-11-16)14-15-27-21-9-5-3-7-19(21)23(25(27)29)22-18-6-2-4-8-20(18)26-24(22)28/h2-13,29H,14-15H2,1H3. The summed E-state index contributed by atoms with van der Waals surface area (Å²) in [6, 6.07) is 23.7. The molecule has 1 aliphatic heterocycles. The summed E-state index contributed by atoms with van der Waals surface area (Å²) in [4.78, 5) is 16.9. The zero-order valence-electron chi connectivity index (χ0n) is 16.1. The number of aromatic nitrogens is 1. The van der Waals surface area contributed by atoms with E-state index in [2.05, 4.69) is 36.2 Å². The summed E-state index contributed by atoms with van der Waals surface area (Å²) >= 11 is 0. The minimum Gasteiger partial charge on any atom is -0.494 e. The highest BCUT2D eigenvalue weighted by Crippen LogP contribution is 2.36. The number of para-hydroxylation sites is 2. The molecule has 0 saturated heterocycles. The van der Waals surface area contributed by atoms with E-state index in [4.69, 9.17) is 0 Å². The van der Waals surface area contributed by atoms with Gasteiger partial charge in [-0.25, -0.2) is 4.99 Å². The van der Waals surface area contributed by atoms with Crippen LogP contribution in [-0.2, 0) is 17.8 Å². The molecule has 0 fully saturated rings. The normalized spacial score (nSPS) is 13.0. The van der Waals surface area contributed by atoms with Gasteiger partial charge in [0.1, 0.15) is 0 Å². The van der Waals surface area contributed by atoms with Crippen molar-refractivity contribution in [3.8, 4) is 5.88 Å². The Morgan fingerprint density at radius 2 is 1.66 bits per heavy atom. The smallest absolute Gasteiger partial charge is 0.279 e. The van der Waals surface area contributed by atoms with E-state index in [1.807, 2.05) is 53.1 Å². The maximum Gasteiger partial charge on any atom is 0.279 e. The first-order valence-electron chi connectivity index (χ1n) is 9.72. The Balaban J connectivity index is 1.67. The summed E-state index contributed by atoms with van der Waals surface area (Å²) in [5.41, 5.74) is 4.39. The predicted octanol–water partition coefficient (Wildman–Crippen LogP) is 3.26. The van der Waals surface area contributed by atoms with Gasteiger partial charge in [-0.05, 0) is 31.0 Å². The number of aryl methyl sites for hydroxylation is 3. The topological polar surface area (TPSA) is 54.6 Å². The Kier molecular flexibility index (Phi) is 4.06. The third-order valence-corrected chi connectivity index (χ3v) is 5.55. The second-order valence-electron chi connectivity index (χ2n) is 7.41. The van der Waals surface area contributed by atoms with Gasteiger partial charge in [0, 0.05) is 17.1 Å². The third-order valence-electron chi connectivity index (χ3n) is 5.55. The highest BCUT2D eigenvalue weighted by Gasteiger charge is 2.26. The summed E-state index contributed by atoms with van der Waals surface area (Å²) in [5.74, 6) is -0.184. The van der Waals surface area contributed by atoms with Crippen molar-refractivity contribution in [3.63, 3.8) is 0 Å². The lowest BCUT2D eigenvalue weighted by Gasteiger charge is -2.08. The van der Waals surface area contributed by atoms with E-state index in [-0.39, 0.29) is 11.8 Å². The van der Waals surface area contributed by atoms with Gasteiger partial charge < -0.3 is 9.67 Å². The molecule has 3 aromatic carbocycles. The number of hydrogen-bond donors (Lipinski definition) is 1. The van der Waals surface area contributed by atoms with Crippen LogP contribution in [0.5, 0.6) is 5.88 Å². The van der Waals surface area contributed by atoms with Crippen LogP contribution in [0, 0.1) is 6.92 Å². The molecule has 4 heteroatoms. The number of nitrogens with zero attached hydrogens (tertiary/aromatic N) is 2. The molecule has 1 N–H and O–H groups in total. The molecular formula is C25H20N2O2. The number of carbonyl (C=O) groups is 1. The molecule has 0 unspecified atom stereocenters.